The fourth-order valence-corrected chi connectivity index (χ4v) is 2.90. The van der Waals surface area contributed by atoms with Crippen molar-refractivity contribution < 1.29 is 0 Å². The zero-order chi connectivity index (χ0) is 10.1. The third-order valence-corrected chi connectivity index (χ3v) is 3.53. The first kappa shape index (κ1) is 11.0. The van der Waals surface area contributed by atoms with Crippen LogP contribution < -0.4 is 0 Å². The van der Waals surface area contributed by atoms with Crippen molar-refractivity contribution in [1.82, 2.24) is 0 Å². The van der Waals surface area contributed by atoms with Crippen molar-refractivity contribution in [2.75, 3.05) is 0 Å². The second-order valence-electron chi connectivity index (χ2n) is 4.35. The van der Waals surface area contributed by atoms with Crippen molar-refractivity contribution in [3.63, 3.8) is 0 Å². The standard InChI is InChI=1S/C11H15BrS/c1-8-5-10(13-7-8)9(12)6-11(2,3)4/h5-7H,1-4H3/b9-6-. The molecule has 0 saturated heterocycles. The van der Waals surface area contributed by atoms with Crippen LogP contribution in [0.5, 0.6) is 0 Å². The molecule has 0 aliphatic carbocycles. The second-order valence-corrected chi connectivity index (χ2v) is 6.11. The molecule has 0 atom stereocenters. The third-order valence-electron chi connectivity index (χ3n) is 1.53. The van der Waals surface area contributed by atoms with Gasteiger partial charge in [-0.05, 0) is 45.3 Å². The van der Waals surface area contributed by atoms with Gasteiger partial charge in [0.05, 0.1) is 0 Å². The van der Waals surface area contributed by atoms with Crippen molar-refractivity contribution in [1.29, 1.82) is 0 Å². The maximum Gasteiger partial charge on any atom is 0.0412 e. The lowest BCUT2D eigenvalue weighted by Gasteiger charge is -2.12. The average Bonchev–Trinajstić information content (AvgIpc) is 2.31. The summed E-state index contributed by atoms with van der Waals surface area (Å²) in [5.41, 5.74) is 1.57. The van der Waals surface area contributed by atoms with Crippen LogP contribution in [-0.4, -0.2) is 0 Å². The smallest absolute Gasteiger partial charge is 0.0412 e. The van der Waals surface area contributed by atoms with Crippen molar-refractivity contribution in [3.05, 3.63) is 28.0 Å². The quantitative estimate of drug-likeness (QED) is 0.677. The predicted molar refractivity (Wildman–Crippen MR) is 65.4 cm³/mol. The summed E-state index contributed by atoms with van der Waals surface area (Å²) in [6, 6.07) is 2.21. The lowest BCUT2D eigenvalue weighted by molar-refractivity contribution is 0.547. The van der Waals surface area contributed by atoms with Crippen LogP contribution in [0, 0.1) is 12.3 Å². The summed E-state index contributed by atoms with van der Waals surface area (Å²) in [5, 5.41) is 2.17. The van der Waals surface area contributed by atoms with E-state index in [9.17, 15) is 0 Å². The van der Waals surface area contributed by atoms with Crippen molar-refractivity contribution in [2.24, 2.45) is 5.41 Å². The summed E-state index contributed by atoms with van der Waals surface area (Å²) in [7, 11) is 0. The minimum Gasteiger partial charge on any atom is -0.143 e. The van der Waals surface area contributed by atoms with E-state index in [-0.39, 0.29) is 5.41 Å². The molecule has 1 aromatic heterocycles. The summed E-state index contributed by atoms with van der Waals surface area (Å²) in [6.45, 7) is 8.73. The van der Waals surface area contributed by atoms with Gasteiger partial charge in [-0.25, -0.2) is 0 Å². The summed E-state index contributed by atoms with van der Waals surface area (Å²) in [4.78, 5) is 1.31. The first-order valence-corrected chi connectivity index (χ1v) is 5.99. The average molecular weight is 259 g/mol. The maximum absolute atomic E-state index is 3.61. The predicted octanol–water partition coefficient (Wildman–Crippen LogP) is 4.84. The van der Waals surface area contributed by atoms with Crippen molar-refractivity contribution in [3.8, 4) is 0 Å². The van der Waals surface area contributed by atoms with Crippen LogP contribution in [0.2, 0.25) is 0 Å². The van der Waals surface area contributed by atoms with E-state index < -0.39 is 0 Å². The van der Waals surface area contributed by atoms with E-state index in [1.807, 2.05) is 0 Å². The highest BCUT2D eigenvalue weighted by molar-refractivity contribution is 9.15. The highest BCUT2D eigenvalue weighted by Crippen LogP contribution is 2.31. The normalized spacial score (nSPS) is 13.5. The van der Waals surface area contributed by atoms with E-state index in [1.165, 1.54) is 14.9 Å². The number of thiophene rings is 1. The fraction of sp³-hybridized carbons (Fsp3) is 0.455. The zero-order valence-electron chi connectivity index (χ0n) is 8.52. The van der Waals surface area contributed by atoms with Gasteiger partial charge in [0, 0.05) is 9.36 Å². The van der Waals surface area contributed by atoms with Crippen LogP contribution in [-0.2, 0) is 0 Å². The molecule has 0 saturated carbocycles. The largest absolute Gasteiger partial charge is 0.143 e. The van der Waals surface area contributed by atoms with Gasteiger partial charge < -0.3 is 0 Å². The van der Waals surface area contributed by atoms with E-state index >= 15 is 0 Å². The topological polar surface area (TPSA) is 0 Å². The van der Waals surface area contributed by atoms with E-state index in [0.29, 0.717) is 0 Å². The summed E-state index contributed by atoms with van der Waals surface area (Å²) in [6.07, 6.45) is 2.25. The van der Waals surface area contributed by atoms with Crippen LogP contribution in [0.25, 0.3) is 4.48 Å². The van der Waals surface area contributed by atoms with Crippen LogP contribution in [0.15, 0.2) is 17.5 Å². The second kappa shape index (κ2) is 3.97. The molecule has 1 rings (SSSR count). The maximum atomic E-state index is 3.61. The highest BCUT2D eigenvalue weighted by atomic mass is 79.9. The first-order chi connectivity index (χ1) is 5.88. The van der Waals surface area contributed by atoms with E-state index in [2.05, 4.69) is 61.1 Å². The fourth-order valence-electron chi connectivity index (χ4n) is 1.01. The Morgan fingerprint density at radius 3 is 2.46 bits per heavy atom. The minimum atomic E-state index is 0.233. The van der Waals surface area contributed by atoms with Gasteiger partial charge in [0.25, 0.3) is 0 Å². The molecule has 1 aromatic rings. The van der Waals surface area contributed by atoms with Crippen LogP contribution in [0.3, 0.4) is 0 Å². The lowest BCUT2D eigenvalue weighted by Crippen LogP contribution is -1.98. The number of allylic oxidation sites excluding steroid dienone is 1. The van der Waals surface area contributed by atoms with Gasteiger partial charge in [0.1, 0.15) is 0 Å². The first-order valence-electron chi connectivity index (χ1n) is 4.32. The number of rotatable bonds is 1. The molecule has 0 fully saturated rings. The Morgan fingerprint density at radius 1 is 1.46 bits per heavy atom. The lowest BCUT2D eigenvalue weighted by atomic mass is 9.96. The van der Waals surface area contributed by atoms with Gasteiger partial charge in [-0.3, -0.25) is 0 Å². The highest BCUT2D eigenvalue weighted by Gasteiger charge is 2.09. The van der Waals surface area contributed by atoms with Crippen LogP contribution in [0.4, 0.5) is 0 Å². The van der Waals surface area contributed by atoms with Gasteiger partial charge in [-0.15, -0.1) is 11.3 Å². The Labute approximate surface area is 92.8 Å². The molecule has 13 heavy (non-hydrogen) atoms. The molecule has 0 aliphatic heterocycles. The Hall–Kier alpha value is -0.0800. The molecule has 72 valence electrons. The zero-order valence-corrected chi connectivity index (χ0v) is 10.9. The number of hydrogen-bond acceptors (Lipinski definition) is 1. The van der Waals surface area contributed by atoms with Crippen LogP contribution >= 0.6 is 27.3 Å². The molecule has 2 heteroatoms. The van der Waals surface area contributed by atoms with E-state index in [4.69, 9.17) is 0 Å². The molecule has 0 aromatic carbocycles. The number of hydrogen-bond donors (Lipinski definition) is 0. The molecule has 0 spiro atoms. The Morgan fingerprint density at radius 2 is 2.08 bits per heavy atom. The molecule has 0 amide bonds. The Balaban J connectivity index is 2.91. The summed E-state index contributed by atoms with van der Waals surface area (Å²) >= 11 is 5.39. The van der Waals surface area contributed by atoms with Gasteiger partial charge >= 0.3 is 0 Å². The van der Waals surface area contributed by atoms with Gasteiger partial charge in [-0.1, -0.05) is 26.8 Å². The van der Waals surface area contributed by atoms with Gasteiger partial charge in [0.15, 0.2) is 0 Å². The molecule has 0 unspecified atom stereocenters. The summed E-state index contributed by atoms with van der Waals surface area (Å²) < 4.78 is 1.21. The molecular formula is C11H15BrS. The molecular weight excluding hydrogens is 244 g/mol. The molecule has 0 nitrogen and oxygen atoms in total. The van der Waals surface area contributed by atoms with Crippen molar-refractivity contribution in [2.45, 2.75) is 27.7 Å². The SMILES string of the molecule is Cc1csc(/C(Br)=C/C(C)(C)C)c1. The number of aryl methyl sites for hydroxylation is 1. The Kier molecular flexibility index (Phi) is 3.36. The molecule has 0 bridgehead atoms. The monoisotopic (exact) mass is 258 g/mol. The minimum absolute atomic E-state index is 0.233. The van der Waals surface area contributed by atoms with E-state index in [0.717, 1.165) is 0 Å². The van der Waals surface area contributed by atoms with Crippen LogP contribution in [0.1, 0.15) is 31.2 Å². The molecule has 1 heterocycles. The summed E-state index contributed by atoms with van der Waals surface area (Å²) in [5.74, 6) is 0. The van der Waals surface area contributed by atoms with Gasteiger partial charge in [-0.2, -0.15) is 0 Å². The third kappa shape index (κ3) is 3.65. The molecule has 0 aliphatic rings. The molecule has 0 N–H and O–H groups in total. The number of halogens is 1. The Bertz CT molecular complexity index is 315. The van der Waals surface area contributed by atoms with E-state index in [1.54, 1.807) is 11.3 Å². The van der Waals surface area contributed by atoms with Gasteiger partial charge in [0.2, 0.25) is 0 Å². The van der Waals surface area contributed by atoms with Crippen molar-refractivity contribution >= 4 is 31.7 Å². The molecule has 0 radical (unpaired) electrons.